The summed E-state index contributed by atoms with van der Waals surface area (Å²) in [4.78, 5) is 25.6. The predicted molar refractivity (Wildman–Crippen MR) is 131 cm³/mol. The number of hydrogen-bond acceptors (Lipinski definition) is 7. The van der Waals surface area contributed by atoms with Crippen LogP contribution in [0.1, 0.15) is 31.2 Å². The lowest BCUT2D eigenvalue weighted by atomic mass is 10.2. The van der Waals surface area contributed by atoms with Crippen LogP contribution in [-0.2, 0) is 19.6 Å². The van der Waals surface area contributed by atoms with E-state index in [4.69, 9.17) is 0 Å². The quantitative estimate of drug-likeness (QED) is 0.593. The number of rotatable bonds is 7. The van der Waals surface area contributed by atoms with Crippen molar-refractivity contribution in [2.45, 2.75) is 48.0 Å². The molecule has 11 heteroatoms. The van der Waals surface area contributed by atoms with E-state index >= 15 is 0 Å². The molecule has 8 nitrogen and oxygen atoms in total. The fourth-order valence-electron chi connectivity index (χ4n) is 4.01. The van der Waals surface area contributed by atoms with Crippen LogP contribution in [0.15, 0.2) is 23.1 Å². The topological polar surface area (TPSA) is 98.8 Å². The van der Waals surface area contributed by atoms with Crippen molar-refractivity contribution in [1.29, 1.82) is 0 Å². The fourth-order valence-corrected chi connectivity index (χ4v) is 7.78. The molecule has 2 atom stereocenters. The monoisotopic (exact) mass is 500 g/mol. The Bertz CT molecular complexity index is 933. The minimum atomic E-state index is -3.63. The number of benzene rings is 1. The van der Waals surface area contributed by atoms with E-state index in [1.165, 1.54) is 22.8 Å². The number of nitrogens with one attached hydrogen (secondary N) is 2. The van der Waals surface area contributed by atoms with Gasteiger partial charge in [-0.15, -0.1) is 0 Å². The third-order valence-electron chi connectivity index (χ3n) is 5.84. The van der Waals surface area contributed by atoms with Crippen LogP contribution < -0.4 is 10.7 Å². The summed E-state index contributed by atoms with van der Waals surface area (Å²) in [7, 11) is -3.63. The Morgan fingerprint density at radius 3 is 2.47 bits per heavy atom. The second-order valence-electron chi connectivity index (χ2n) is 8.06. The lowest BCUT2D eigenvalue weighted by Crippen LogP contribution is -2.59. The number of carbonyl (C=O) groups excluding carboxylic acids is 2. The molecular formula is C21H32N4O4S3. The first kappa shape index (κ1) is 25.4. The number of aryl methyl sites for hydroxylation is 1. The maximum Gasteiger partial charge on any atom is 0.251 e. The number of anilines is 1. The number of amides is 2. The highest BCUT2D eigenvalue weighted by atomic mass is 32.2. The maximum atomic E-state index is 13.2. The number of nitrogens with zero attached hydrogens (tertiary/aromatic N) is 2. The molecule has 2 amide bonds. The summed E-state index contributed by atoms with van der Waals surface area (Å²) in [5.74, 6) is -0.498. The molecule has 0 aliphatic carbocycles. The van der Waals surface area contributed by atoms with Gasteiger partial charge in [0.1, 0.15) is 6.54 Å². The van der Waals surface area contributed by atoms with Crippen molar-refractivity contribution in [1.82, 2.24) is 14.7 Å². The van der Waals surface area contributed by atoms with Crippen LogP contribution in [0, 0.1) is 6.92 Å². The van der Waals surface area contributed by atoms with Crippen molar-refractivity contribution < 1.29 is 18.0 Å². The lowest BCUT2D eigenvalue weighted by Gasteiger charge is -2.36. The van der Waals surface area contributed by atoms with E-state index in [0.717, 1.165) is 25.7 Å². The molecule has 2 N–H and O–H groups in total. The van der Waals surface area contributed by atoms with Gasteiger partial charge in [-0.2, -0.15) is 27.8 Å². The minimum absolute atomic E-state index is 0.119. The first-order valence-electron chi connectivity index (χ1n) is 10.8. The van der Waals surface area contributed by atoms with Crippen LogP contribution >= 0.6 is 23.5 Å². The van der Waals surface area contributed by atoms with Crippen molar-refractivity contribution in [2.24, 2.45) is 0 Å². The molecule has 1 aromatic rings. The number of hydrogen-bond donors (Lipinski definition) is 2. The van der Waals surface area contributed by atoms with E-state index in [9.17, 15) is 18.0 Å². The molecule has 2 heterocycles. The molecule has 2 unspecified atom stereocenters. The van der Waals surface area contributed by atoms with E-state index in [-0.39, 0.29) is 33.8 Å². The summed E-state index contributed by atoms with van der Waals surface area (Å²) < 4.78 is 28.0. The van der Waals surface area contributed by atoms with E-state index in [1.807, 2.05) is 12.5 Å². The van der Waals surface area contributed by atoms with Gasteiger partial charge < -0.3 is 5.32 Å². The molecule has 0 aromatic heterocycles. The number of thioether (sulfide) groups is 2. The van der Waals surface area contributed by atoms with Crippen LogP contribution in [0.4, 0.5) is 5.69 Å². The second kappa shape index (κ2) is 11.2. The zero-order valence-electron chi connectivity index (χ0n) is 18.8. The minimum Gasteiger partial charge on any atom is -0.324 e. The third-order valence-corrected chi connectivity index (χ3v) is 10.1. The molecule has 2 saturated heterocycles. The molecule has 1 aromatic carbocycles. The van der Waals surface area contributed by atoms with E-state index in [0.29, 0.717) is 30.9 Å². The second-order valence-corrected chi connectivity index (χ2v) is 12.0. The standard InChI is InChI=1S/C21H32N4O4S3/c1-15-8-9-16(12-18(15)32(28,29)24-10-6-4-5-7-11-24)23-19(26)14-25-21(27)20(31-3)17(30-2)13-22-25/h8-9,12,17,20,22H,4-7,10-11,13-14H2,1-3H3,(H,23,26). The number of carbonyl (C=O) groups is 2. The van der Waals surface area contributed by atoms with Gasteiger partial charge in [-0.1, -0.05) is 18.9 Å². The molecule has 2 aliphatic rings. The van der Waals surface area contributed by atoms with E-state index in [2.05, 4.69) is 10.7 Å². The van der Waals surface area contributed by atoms with Gasteiger partial charge in [0.2, 0.25) is 15.9 Å². The molecule has 2 aliphatic heterocycles. The fraction of sp³-hybridized carbons (Fsp3) is 0.619. The van der Waals surface area contributed by atoms with Crippen molar-refractivity contribution in [3.05, 3.63) is 23.8 Å². The van der Waals surface area contributed by atoms with Gasteiger partial charge in [0, 0.05) is 30.6 Å². The highest BCUT2D eigenvalue weighted by Crippen LogP contribution is 2.27. The van der Waals surface area contributed by atoms with Gasteiger partial charge >= 0.3 is 0 Å². The molecule has 32 heavy (non-hydrogen) atoms. The Morgan fingerprint density at radius 2 is 1.84 bits per heavy atom. The molecule has 3 rings (SSSR count). The highest BCUT2D eigenvalue weighted by molar-refractivity contribution is 8.03. The van der Waals surface area contributed by atoms with Crippen molar-refractivity contribution in [3.8, 4) is 0 Å². The van der Waals surface area contributed by atoms with Crippen LogP contribution in [0.2, 0.25) is 0 Å². The normalized spacial score (nSPS) is 23.1. The van der Waals surface area contributed by atoms with Gasteiger partial charge in [-0.3, -0.25) is 14.6 Å². The Labute approximate surface area is 199 Å². The van der Waals surface area contributed by atoms with Gasteiger partial charge in [0.15, 0.2) is 0 Å². The van der Waals surface area contributed by atoms with Crippen molar-refractivity contribution in [3.63, 3.8) is 0 Å². The predicted octanol–water partition coefficient (Wildman–Crippen LogP) is 2.31. The van der Waals surface area contributed by atoms with Gasteiger partial charge in [-0.25, -0.2) is 13.8 Å². The Kier molecular flexibility index (Phi) is 8.90. The van der Waals surface area contributed by atoms with Crippen molar-refractivity contribution >= 4 is 51.0 Å². The molecule has 0 saturated carbocycles. The third kappa shape index (κ3) is 5.80. The van der Waals surface area contributed by atoms with Crippen LogP contribution in [0.3, 0.4) is 0 Å². The summed E-state index contributed by atoms with van der Waals surface area (Å²) in [6.07, 6.45) is 7.67. The average Bonchev–Trinajstić information content (AvgIpc) is 3.06. The van der Waals surface area contributed by atoms with Crippen LogP contribution in [0.25, 0.3) is 0 Å². The number of hydrazine groups is 1. The zero-order valence-corrected chi connectivity index (χ0v) is 21.2. The largest absolute Gasteiger partial charge is 0.324 e. The van der Waals surface area contributed by atoms with E-state index < -0.39 is 10.0 Å². The molecule has 2 fully saturated rings. The van der Waals surface area contributed by atoms with Gasteiger partial charge in [0.25, 0.3) is 5.91 Å². The first-order chi connectivity index (χ1) is 15.3. The summed E-state index contributed by atoms with van der Waals surface area (Å²) >= 11 is 3.12. The van der Waals surface area contributed by atoms with Gasteiger partial charge in [-0.05, 0) is 50.0 Å². The molecule has 0 spiro atoms. The molecule has 178 valence electrons. The molecular weight excluding hydrogens is 468 g/mol. The smallest absolute Gasteiger partial charge is 0.251 e. The van der Waals surface area contributed by atoms with Crippen LogP contribution in [-0.4, -0.2) is 78.7 Å². The zero-order chi connectivity index (χ0) is 23.3. The van der Waals surface area contributed by atoms with E-state index in [1.54, 1.807) is 35.1 Å². The van der Waals surface area contributed by atoms with Crippen molar-refractivity contribution in [2.75, 3.05) is 44.0 Å². The van der Waals surface area contributed by atoms with Gasteiger partial charge in [0.05, 0.1) is 10.1 Å². The maximum absolute atomic E-state index is 13.2. The summed E-state index contributed by atoms with van der Waals surface area (Å²) in [6.45, 7) is 3.27. The summed E-state index contributed by atoms with van der Waals surface area (Å²) in [5, 5.41) is 4.06. The lowest BCUT2D eigenvalue weighted by molar-refractivity contribution is -0.139. The molecule has 0 bridgehead atoms. The number of sulfonamides is 1. The highest BCUT2D eigenvalue weighted by Gasteiger charge is 2.36. The molecule has 0 radical (unpaired) electrons. The average molecular weight is 501 g/mol. The Balaban J connectivity index is 1.70. The Morgan fingerprint density at radius 1 is 1.16 bits per heavy atom. The SMILES string of the molecule is CSC1CNN(CC(=O)Nc2ccc(C)c(S(=O)(=O)N3CCCCCC3)c2)C(=O)C1SC. The first-order valence-corrected chi connectivity index (χ1v) is 14.8. The summed E-state index contributed by atoms with van der Waals surface area (Å²) in [6, 6.07) is 4.92. The Hall–Kier alpha value is -1.27. The van der Waals surface area contributed by atoms with Crippen LogP contribution in [0.5, 0.6) is 0 Å². The summed E-state index contributed by atoms with van der Waals surface area (Å²) in [5.41, 5.74) is 4.08.